The molecule has 0 spiro atoms. The number of Topliss-reactive ketones (excluding diaryl/α,β-unsaturated/α-hetero) is 1. The van der Waals surface area contributed by atoms with Crippen molar-refractivity contribution in [3.8, 4) is 0 Å². The summed E-state index contributed by atoms with van der Waals surface area (Å²) in [6, 6.07) is 0. The molecule has 1 fully saturated rings. The fraction of sp³-hybridized carbons (Fsp3) is 0.882. The van der Waals surface area contributed by atoms with E-state index in [9.17, 15) is 14.7 Å². The van der Waals surface area contributed by atoms with E-state index in [4.69, 9.17) is 0 Å². The molecule has 3 heteroatoms. The Hall–Kier alpha value is -0.860. The van der Waals surface area contributed by atoms with Crippen LogP contribution in [0.15, 0.2) is 0 Å². The smallest absolute Gasteiger partial charge is 0.181 e. The maximum absolute atomic E-state index is 11.6. The highest BCUT2D eigenvalue weighted by atomic mass is 16.4. The van der Waals surface area contributed by atoms with E-state index in [2.05, 4.69) is 13.8 Å². The minimum absolute atomic E-state index is 0.233. The number of hydrogen-bond donors (Lipinski definition) is 0. The number of carbonyl (C=O) groups excluding carboxylic acids is 2. The number of carboxylic acid groups (broad SMARTS) is 1. The second-order valence-corrected chi connectivity index (χ2v) is 6.20. The molecule has 1 saturated carbocycles. The molecule has 0 bridgehead atoms. The summed E-state index contributed by atoms with van der Waals surface area (Å²) >= 11 is 0. The van der Waals surface area contributed by atoms with Crippen molar-refractivity contribution < 1.29 is 14.7 Å². The summed E-state index contributed by atoms with van der Waals surface area (Å²) in [6.45, 7) is 4.35. The van der Waals surface area contributed by atoms with Crippen molar-refractivity contribution >= 4 is 11.8 Å². The summed E-state index contributed by atoms with van der Waals surface area (Å²) in [5.74, 6) is -1.73. The topological polar surface area (TPSA) is 57.2 Å². The molecule has 1 aliphatic rings. The molecule has 2 unspecified atom stereocenters. The van der Waals surface area contributed by atoms with Crippen LogP contribution in [0.5, 0.6) is 0 Å². The van der Waals surface area contributed by atoms with Gasteiger partial charge in [0.05, 0.1) is 0 Å². The van der Waals surface area contributed by atoms with Gasteiger partial charge in [-0.1, -0.05) is 65.2 Å². The SMILES string of the molecule is CCCCCCC1C(CCCCCC)C1C(=O)C(=O)[O-]. The van der Waals surface area contributed by atoms with Crippen molar-refractivity contribution in [2.45, 2.75) is 78.1 Å². The van der Waals surface area contributed by atoms with Gasteiger partial charge in [-0.05, 0) is 24.7 Å². The molecule has 0 aromatic heterocycles. The van der Waals surface area contributed by atoms with Gasteiger partial charge in [-0.2, -0.15) is 0 Å². The third kappa shape index (κ3) is 5.26. The summed E-state index contributed by atoms with van der Waals surface area (Å²) in [4.78, 5) is 22.4. The molecule has 116 valence electrons. The maximum atomic E-state index is 11.6. The number of ketones is 1. The van der Waals surface area contributed by atoms with Gasteiger partial charge in [-0.15, -0.1) is 0 Å². The second-order valence-electron chi connectivity index (χ2n) is 6.20. The summed E-state index contributed by atoms with van der Waals surface area (Å²) < 4.78 is 0. The van der Waals surface area contributed by atoms with Gasteiger partial charge in [0.25, 0.3) is 0 Å². The highest BCUT2D eigenvalue weighted by Crippen LogP contribution is 2.52. The number of aliphatic carboxylic acids is 1. The van der Waals surface area contributed by atoms with Crippen molar-refractivity contribution in [2.24, 2.45) is 17.8 Å². The van der Waals surface area contributed by atoms with Crippen LogP contribution in [0.3, 0.4) is 0 Å². The molecule has 0 aliphatic heterocycles. The van der Waals surface area contributed by atoms with E-state index in [1.165, 1.54) is 38.5 Å². The fourth-order valence-electron chi connectivity index (χ4n) is 3.37. The Morgan fingerprint density at radius 1 is 0.800 bits per heavy atom. The second kappa shape index (κ2) is 9.15. The van der Waals surface area contributed by atoms with Gasteiger partial charge in [0.15, 0.2) is 5.78 Å². The van der Waals surface area contributed by atoms with E-state index in [0.717, 1.165) is 25.7 Å². The molecular weight excluding hydrogens is 252 g/mol. The molecule has 1 aliphatic carbocycles. The van der Waals surface area contributed by atoms with Crippen molar-refractivity contribution in [3.05, 3.63) is 0 Å². The molecule has 0 heterocycles. The number of carbonyl (C=O) groups is 2. The van der Waals surface area contributed by atoms with Gasteiger partial charge >= 0.3 is 0 Å². The zero-order chi connectivity index (χ0) is 15.0. The molecule has 0 radical (unpaired) electrons. The van der Waals surface area contributed by atoms with Gasteiger partial charge in [0.2, 0.25) is 0 Å². The zero-order valence-corrected chi connectivity index (χ0v) is 13.0. The van der Waals surface area contributed by atoms with Crippen LogP contribution >= 0.6 is 0 Å². The lowest BCUT2D eigenvalue weighted by Crippen LogP contribution is -2.33. The van der Waals surface area contributed by atoms with Crippen molar-refractivity contribution in [3.63, 3.8) is 0 Å². The summed E-state index contributed by atoms with van der Waals surface area (Å²) in [5, 5.41) is 10.8. The first-order valence-corrected chi connectivity index (χ1v) is 8.38. The lowest BCUT2D eigenvalue weighted by molar-refractivity contribution is -0.300. The minimum Gasteiger partial charge on any atom is -0.542 e. The van der Waals surface area contributed by atoms with E-state index in [-0.39, 0.29) is 5.92 Å². The lowest BCUT2D eigenvalue weighted by atomic mass is 10.1. The van der Waals surface area contributed by atoms with E-state index < -0.39 is 11.8 Å². The van der Waals surface area contributed by atoms with Crippen LogP contribution in [0.4, 0.5) is 0 Å². The standard InChI is InChI=1S/C17H30O3/c1-3-5-7-9-11-13-14(12-10-8-6-4-2)15(13)16(18)17(19)20/h13-15H,3-12H2,1-2H3,(H,19,20)/p-1. The van der Waals surface area contributed by atoms with Crippen LogP contribution in [-0.4, -0.2) is 11.8 Å². The Kier molecular flexibility index (Phi) is 7.86. The first-order chi connectivity index (χ1) is 9.63. The fourth-order valence-corrected chi connectivity index (χ4v) is 3.37. The van der Waals surface area contributed by atoms with Crippen LogP contribution < -0.4 is 5.11 Å². The first-order valence-electron chi connectivity index (χ1n) is 8.38. The first kappa shape index (κ1) is 17.2. The molecular formula is C17H29O3-. The average molecular weight is 281 g/mol. The number of rotatable bonds is 12. The Morgan fingerprint density at radius 3 is 1.60 bits per heavy atom. The molecule has 0 N–H and O–H groups in total. The van der Waals surface area contributed by atoms with E-state index in [1.807, 2.05) is 0 Å². The summed E-state index contributed by atoms with van der Waals surface area (Å²) in [5.41, 5.74) is 0. The third-order valence-electron chi connectivity index (χ3n) is 4.62. The molecule has 0 saturated heterocycles. The molecule has 0 aromatic carbocycles. The highest BCUT2D eigenvalue weighted by molar-refractivity contribution is 6.33. The summed E-state index contributed by atoms with van der Waals surface area (Å²) in [7, 11) is 0. The van der Waals surface area contributed by atoms with Gasteiger partial charge in [-0.25, -0.2) is 0 Å². The number of carboxylic acids is 1. The molecule has 20 heavy (non-hydrogen) atoms. The molecule has 0 aromatic rings. The normalized spacial score (nSPS) is 24.6. The monoisotopic (exact) mass is 281 g/mol. The quantitative estimate of drug-likeness (QED) is 0.408. The highest BCUT2D eigenvalue weighted by Gasteiger charge is 2.52. The van der Waals surface area contributed by atoms with Crippen molar-refractivity contribution in [1.29, 1.82) is 0 Å². The van der Waals surface area contributed by atoms with Crippen LogP contribution in [0.1, 0.15) is 78.1 Å². The number of hydrogen-bond acceptors (Lipinski definition) is 3. The van der Waals surface area contributed by atoms with E-state index in [1.54, 1.807) is 0 Å². The third-order valence-corrected chi connectivity index (χ3v) is 4.62. The van der Waals surface area contributed by atoms with Crippen molar-refractivity contribution in [1.82, 2.24) is 0 Å². The van der Waals surface area contributed by atoms with Crippen molar-refractivity contribution in [2.75, 3.05) is 0 Å². The predicted molar refractivity (Wildman–Crippen MR) is 78.0 cm³/mol. The molecule has 2 atom stereocenters. The maximum Gasteiger partial charge on any atom is 0.181 e. The van der Waals surface area contributed by atoms with Gasteiger partial charge in [0, 0.05) is 5.92 Å². The predicted octanol–water partition coefficient (Wildman–Crippen LogP) is 3.11. The van der Waals surface area contributed by atoms with Crippen LogP contribution in [0.25, 0.3) is 0 Å². The van der Waals surface area contributed by atoms with Gasteiger partial charge in [-0.3, -0.25) is 4.79 Å². The van der Waals surface area contributed by atoms with Gasteiger partial charge in [0.1, 0.15) is 5.97 Å². The molecule has 0 amide bonds. The number of unbranched alkanes of at least 4 members (excludes halogenated alkanes) is 6. The van der Waals surface area contributed by atoms with Crippen LogP contribution in [0, 0.1) is 17.8 Å². The van der Waals surface area contributed by atoms with E-state index >= 15 is 0 Å². The Morgan fingerprint density at radius 2 is 1.25 bits per heavy atom. The Balaban J connectivity index is 2.34. The minimum atomic E-state index is -1.48. The average Bonchev–Trinajstić information content (AvgIpc) is 3.11. The van der Waals surface area contributed by atoms with Crippen LogP contribution in [-0.2, 0) is 9.59 Å². The lowest BCUT2D eigenvalue weighted by Gasteiger charge is -2.00. The molecule has 3 nitrogen and oxygen atoms in total. The zero-order valence-electron chi connectivity index (χ0n) is 13.0. The Labute approximate surface area is 123 Å². The Bertz CT molecular complexity index is 293. The largest absolute Gasteiger partial charge is 0.542 e. The summed E-state index contributed by atoms with van der Waals surface area (Å²) in [6.07, 6.45) is 11.5. The van der Waals surface area contributed by atoms with Crippen LogP contribution in [0.2, 0.25) is 0 Å². The molecule has 1 rings (SSSR count). The van der Waals surface area contributed by atoms with Gasteiger partial charge < -0.3 is 9.90 Å². The van der Waals surface area contributed by atoms with E-state index in [0.29, 0.717) is 11.8 Å².